The van der Waals surface area contributed by atoms with E-state index in [4.69, 9.17) is 25.0 Å². The van der Waals surface area contributed by atoms with Gasteiger partial charge in [0.1, 0.15) is 0 Å². The predicted molar refractivity (Wildman–Crippen MR) is 145 cm³/mol. The van der Waals surface area contributed by atoms with Crippen molar-refractivity contribution in [1.29, 1.82) is 0 Å². The summed E-state index contributed by atoms with van der Waals surface area (Å²) in [6.07, 6.45) is 16.4. The van der Waals surface area contributed by atoms with Crippen LogP contribution in [0.15, 0.2) is 0 Å². The van der Waals surface area contributed by atoms with Gasteiger partial charge in [0.15, 0.2) is 0 Å². The van der Waals surface area contributed by atoms with Gasteiger partial charge in [-0.15, -0.1) is 37.0 Å². The van der Waals surface area contributed by atoms with Crippen LogP contribution in [0.2, 0.25) is 0 Å². The molecule has 0 aromatic heterocycles. The summed E-state index contributed by atoms with van der Waals surface area (Å²) in [5.74, 6) is 8.19. The Morgan fingerprint density at radius 1 is 0.694 bits per heavy atom. The third-order valence-corrected chi connectivity index (χ3v) is 6.79. The lowest BCUT2D eigenvalue weighted by Gasteiger charge is -2.58. The fraction of sp³-hybridized carbons (Fsp3) is 0.724. The van der Waals surface area contributed by atoms with Crippen LogP contribution in [-0.4, -0.2) is 55.0 Å². The average molecular weight is 499 g/mol. The fourth-order valence-corrected chi connectivity index (χ4v) is 5.64. The number of amides is 4. The van der Waals surface area contributed by atoms with Crippen LogP contribution in [0.25, 0.3) is 0 Å². The van der Waals surface area contributed by atoms with Crippen molar-refractivity contribution in [2.24, 2.45) is 22.0 Å². The molecule has 0 spiro atoms. The Labute approximate surface area is 219 Å². The topological polar surface area (TPSA) is 90.1 Å². The molecule has 1 aliphatic rings. The number of hydrogen-bond donors (Lipinski definition) is 2. The third-order valence-electron chi connectivity index (χ3n) is 6.79. The Balaban J connectivity index is 3.81. The molecule has 0 bridgehead atoms. The van der Waals surface area contributed by atoms with Gasteiger partial charge >= 0.3 is 12.1 Å². The zero-order valence-electron chi connectivity index (χ0n) is 24.1. The highest BCUT2D eigenvalue weighted by Crippen LogP contribution is 2.42. The molecule has 0 aromatic rings. The van der Waals surface area contributed by atoms with E-state index in [1.165, 1.54) is 4.90 Å². The predicted octanol–water partition coefficient (Wildman–Crippen LogP) is 4.80. The van der Waals surface area contributed by atoms with Gasteiger partial charge in [-0.25, -0.2) is 14.5 Å². The molecule has 1 aliphatic heterocycles. The molecular formula is C29H46N4O3. The summed E-state index contributed by atoms with van der Waals surface area (Å²) in [5.41, 5.74) is 1.51. The van der Waals surface area contributed by atoms with Crippen LogP contribution >= 0.6 is 0 Å². The number of urea groups is 2. The Morgan fingerprint density at radius 2 is 1.03 bits per heavy atom. The van der Waals surface area contributed by atoms with Crippen molar-refractivity contribution in [2.45, 2.75) is 119 Å². The smallest absolute Gasteiger partial charge is 0.333 e. The highest BCUT2D eigenvalue weighted by atomic mass is 16.3. The standard InChI is InChI=1S/C29H46N4O3/c1-15-24(4,5)18-27(10,11)31-21(34)32(28(12,13)19-25(6,7)16-2)23(36)33(22(31)35)29(14,30)20-26(8,9)17-3/h1-3,22,35H,18-20,30H2,4-14H3. The lowest BCUT2D eigenvalue weighted by molar-refractivity contribution is -0.168. The number of carbonyl (C=O) groups excluding carboxylic acids is 2. The number of nitrogens with zero attached hydrogens (tertiary/aromatic N) is 3. The minimum Gasteiger partial charge on any atom is -0.356 e. The van der Waals surface area contributed by atoms with E-state index in [2.05, 4.69) is 17.8 Å². The van der Waals surface area contributed by atoms with Crippen molar-refractivity contribution < 1.29 is 14.7 Å². The molecule has 36 heavy (non-hydrogen) atoms. The van der Waals surface area contributed by atoms with Crippen molar-refractivity contribution in [1.82, 2.24) is 14.7 Å². The van der Waals surface area contributed by atoms with Crippen molar-refractivity contribution in [2.75, 3.05) is 0 Å². The van der Waals surface area contributed by atoms with Gasteiger partial charge in [0.25, 0.3) is 0 Å². The summed E-state index contributed by atoms with van der Waals surface area (Å²) in [7, 11) is 0. The fourth-order valence-electron chi connectivity index (χ4n) is 5.64. The molecule has 1 rings (SSSR count). The summed E-state index contributed by atoms with van der Waals surface area (Å²) in [6.45, 7) is 20.0. The van der Waals surface area contributed by atoms with Gasteiger partial charge in [-0.1, -0.05) is 0 Å². The van der Waals surface area contributed by atoms with Crippen LogP contribution in [0.3, 0.4) is 0 Å². The van der Waals surface area contributed by atoms with Crippen LogP contribution in [0.1, 0.15) is 95.4 Å². The molecule has 3 N–H and O–H groups in total. The van der Waals surface area contributed by atoms with Gasteiger partial charge in [0, 0.05) is 27.3 Å². The number of nitrogens with two attached hydrogens (primary N) is 1. The summed E-state index contributed by atoms with van der Waals surface area (Å²) in [5, 5.41) is 11.6. The molecule has 2 atom stereocenters. The monoisotopic (exact) mass is 498 g/mol. The molecule has 7 nitrogen and oxygen atoms in total. The minimum absolute atomic E-state index is 0.182. The van der Waals surface area contributed by atoms with Gasteiger partial charge in [-0.3, -0.25) is 9.80 Å². The van der Waals surface area contributed by atoms with Gasteiger partial charge in [-0.2, -0.15) is 0 Å². The maximum absolute atomic E-state index is 14.1. The molecule has 1 saturated heterocycles. The zero-order valence-corrected chi connectivity index (χ0v) is 24.1. The Bertz CT molecular complexity index is 939. The van der Waals surface area contributed by atoms with Crippen LogP contribution < -0.4 is 5.73 Å². The largest absolute Gasteiger partial charge is 0.356 e. The Hall–Kier alpha value is -2.66. The van der Waals surface area contributed by atoms with E-state index < -0.39 is 51.4 Å². The van der Waals surface area contributed by atoms with E-state index in [0.29, 0.717) is 12.8 Å². The Morgan fingerprint density at radius 3 is 1.42 bits per heavy atom. The van der Waals surface area contributed by atoms with Crippen molar-refractivity contribution in [3.05, 3.63) is 0 Å². The van der Waals surface area contributed by atoms with E-state index >= 15 is 0 Å². The van der Waals surface area contributed by atoms with Crippen LogP contribution in [0.5, 0.6) is 0 Å². The first-order valence-electron chi connectivity index (χ1n) is 12.3. The number of terminal acetylenes is 3. The average Bonchev–Trinajstić information content (AvgIpc) is 2.64. The first-order chi connectivity index (χ1) is 15.9. The molecule has 0 saturated carbocycles. The Kier molecular flexibility index (Phi) is 8.42. The van der Waals surface area contributed by atoms with Gasteiger partial charge in [0.05, 0.1) is 5.66 Å². The molecule has 1 heterocycles. The second kappa shape index (κ2) is 9.66. The SMILES string of the molecule is C#CC(C)(C)CC(C)(C)N1C(=O)N(C(C)(C)CC(C)(C)C#C)C(O)N(C(C)(N)CC(C)(C)C#C)C1=O. The molecule has 4 amide bonds. The summed E-state index contributed by atoms with van der Waals surface area (Å²) < 4.78 is 0. The maximum atomic E-state index is 14.1. The first kappa shape index (κ1) is 31.4. The highest BCUT2D eigenvalue weighted by molar-refractivity contribution is 5.97. The first-order valence-corrected chi connectivity index (χ1v) is 12.3. The molecule has 7 heteroatoms. The molecular weight excluding hydrogens is 452 g/mol. The number of hydrogen-bond acceptors (Lipinski definition) is 4. The van der Waals surface area contributed by atoms with Gasteiger partial charge < -0.3 is 10.8 Å². The molecule has 0 radical (unpaired) electrons. The summed E-state index contributed by atoms with van der Waals surface area (Å²) >= 11 is 0. The van der Waals surface area contributed by atoms with E-state index in [1.54, 1.807) is 20.8 Å². The van der Waals surface area contributed by atoms with Crippen LogP contribution in [0.4, 0.5) is 9.59 Å². The minimum atomic E-state index is -1.63. The zero-order chi connectivity index (χ0) is 28.7. The maximum Gasteiger partial charge on any atom is 0.333 e. The third kappa shape index (κ3) is 6.56. The second-order valence-corrected chi connectivity index (χ2v) is 13.6. The summed E-state index contributed by atoms with van der Waals surface area (Å²) in [6, 6.07) is -1.34. The van der Waals surface area contributed by atoms with E-state index in [9.17, 15) is 14.7 Å². The van der Waals surface area contributed by atoms with Crippen molar-refractivity contribution in [3.63, 3.8) is 0 Å². The lowest BCUT2D eigenvalue weighted by atomic mass is 9.78. The van der Waals surface area contributed by atoms with Crippen molar-refractivity contribution in [3.8, 4) is 37.0 Å². The molecule has 0 aromatic carbocycles. The number of aliphatic hydroxyl groups excluding tert-OH is 1. The van der Waals surface area contributed by atoms with E-state index in [1.807, 2.05) is 55.4 Å². The lowest BCUT2D eigenvalue weighted by Crippen LogP contribution is -2.78. The molecule has 0 aliphatic carbocycles. The molecule has 200 valence electrons. The second-order valence-electron chi connectivity index (χ2n) is 13.6. The van der Waals surface area contributed by atoms with Crippen LogP contribution in [0, 0.1) is 53.3 Å². The number of rotatable bonds is 9. The quantitative estimate of drug-likeness (QED) is 0.447. The van der Waals surface area contributed by atoms with Crippen LogP contribution in [-0.2, 0) is 0 Å². The molecule has 2 unspecified atom stereocenters. The molecule has 1 fully saturated rings. The van der Waals surface area contributed by atoms with Gasteiger partial charge in [0.2, 0.25) is 6.35 Å². The van der Waals surface area contributed by atoms with E-state index in [-0.39, 0.29) is 6.42 Å². The van der Waals surface area contributed by atoms with E-state index in [0.717, 1.165) is 9.80 Å². The van der Waals surface area contributed by atoms with Gasteiger partial charge in [-0.05, 0) is 95.4 Å². The summed E-state index contributed by atoms with van der Waals surface area (Å²) in [4.78, 5) is 31.7. The number of aliphatic hydroxyl groups is 1. The number of carbonyl (C=O) groups is 2. The highest BCUT2D eigenvalue weighted by Gasteiger charge is 2.57. The normalized spacial score (nSPS) is 19.9. The van der Waals surface area contributed by atoms with Crippen molar-refractivity contribution >= 4 is 12.1 Å². The number of imide groups is 1.